The summed E-state index contributed by atoms with van der Waals surface area (Å²) in [6.45, 7) is 6.17. The number of ether oxygens (including phenoxy) is 1. The fraction of sp³-hybridized carbons (Fsp3) is 0.400. The molecule has 0 fully saturated rings. The van der Waals surface area contributed by atoms with E-state index in [-0.39, 0.29) is 0 Å². The molecule has 1 aromatic carbocycles. The molecule has 2 aromatic rings. The Morgan fingerprint density at radius 3 is 2.58 bits per heavy atom. The third-order valence-corrected chi connectivity index (χ3v) is 2.79. The quantitative estimate of drug-likeness (QED) is 0.831. The van der Waals surface area contributed by atoms with E-state index in [1.807, 2.05) is 19.1 Å². The highest BCUT2D eigenvalue weighted by molar-refractivity contribution is 5.27. The topological polar surface area (TPSA) is 47.3 Å². The average Bonchev–Trinajstić information content (AvgIpc) is 2.89. The van der Waals surface area contributed by atoms with Crippen molar-refractivity contribution in [1.29, 1.82) is 0 Å². The van der Waals surface area contributed by atoms with Crippen LogP contribution in [0.1, 0.15) is 31.1 Å². The van der Waals surface area contributed by atoms with Gasteiger partial charge in [0, 0.05) is 13.0 Å². The van der Waals surface area contributed by atoms with Gasteiger partial charge in [-0.1, -0.05) is 19.1 Å². The molecule has 0 aliphatic rings. The monoisotopic (exact) mass is 260 g/mol. The number of rotatable bonds is 7. The molecule has 4 heteroatoms. The highest BCUT2D eigenvalue weighted by Gasteiger charge is 2.01. The van der Waals surface area contributed by atoms with Gasteiger partial charge in [-0.3, -0.25) is 0 Å². The number of hydrogen-bond donors (Lipinski definition) is 1. The van der Waals surface area contributed by atoms with Crippen molar-refractivity contribution in [2.45, 2.75) is 33.4 Å². The molecular formula is C15H20N2O2. The summed E-state index contributed by atoms with van der Waals surface area (Å²) in [5, 5.41) is 3.31. The Morgan fingerprint density at radius 1 is 1.16 bits per heavy atom. The van der Waals surface area contributed by atoms with Gasteiger partial charge in [-0.05, 0) is 24.6 Å². The first-order valence-corrected chi connectivity index (χ1v) is 6.67. The molecule has 1 aromatic heterocycles. The minimum atomic E-state index is 0.646. The van der Waals surface area contributed by atoms with Gasteiger partial charge in [0.25, 0.3) is 0 Å². The van der Waals surface area contributed by atoms with Crippen molar-refractivity contribution in [3.05, 3.63) is 47.7 Å². The van der Waals surface area contributed by atoms with E-state index >= 15 is 0 Å². The van der Waals surface area contributed by atoms with E-state index in [1.165, 1.54) is 5.56 Å². The smallest absolute Gasteiger partial charge is 0.208 e. The van der Waals surface area contributed by atoms with E-state index in [9.17, 15) is 0 Å². The number of benzene rings is 1. The van der Waals surface area contributed by atoms with E-state index in [2.05, 4.69) is 29.4 Å². The zero-order chi connectivity index (χ0) is 13.5. The fourth-order valence-corrected chi connectivity index (χ4v) is 1.78. The predicted octanol–water partition coefficient (Wildman–Crippen LogP) is 2.93. The molecular weight excluding hydrogens is 240 g/mol. The van der Waals surface area contributed by atoms with Crippen molar-refractivity contribution in [2.75, 3.05) is 6.61 Å². The average molecular weight is 260 g/mol. The second-order valence-corrected chi connectivity index (χ2v) is 4.25. The molecule has 0 saturated heterocycles. The Labute approximate surface area is 113 Å². The van der Waals surface area contributed by atoms with Crippen molar-refractivity contribution in [2.24, 2.45) is 0 Å². The summed E-state index contributed by atoms with van der Waals surface area (Å²) in [4.78, 5) is 4.21. The Morgan fingerprint density at radius 2 is 1.95 bits per heavy atom. The Kier molecular flexibility index (Phi) is 4.98. The lowest BCUT2D eigenvalue weighted by Gasteiger charge is -2.05. The first kappa shape index (κ1) is 13.6. The van der Waals surface area contributed by atoms with Crippen molar-refractivity contribution >= 4 is 0 Å². The summed E-state index contributed by atoms with van der Waals surface area (Å²) < 4.78 is 10.9. The lowest BCUT2D eigenvalue weighted by molar-refractivity contribution is 0.340. The summed E-state index contributed by atoms with van der Waals surface area (Å²) >= 11 is 0. The van der Waals surface area contributed by atoms with Crippen molar-refractivity contribution in [3.8, 4) is 5.75 Å². The van der Waals surface area contributed by atoms with Gasteiger partial charge >= 0.3 is 0 Å². The van der Waals surface area contributed by atoms with Gasteiger partial charge in [0.2, 0.25) is 5.89 Å². The molecule has 0 saturated carbocycles. The van der Waals surface area contributed by atoms with Gasteiger partial charge in [-0.15, -0.1) is 0 Å². The van der Waals surface area contributed by atoms with Gasteiger partial charge in [-0.2, -0.15) is 0 Å². The van der Waals surface area contributed by atoms with Crippen LogP contribution in [0.4, 0.5) is 0 Å². The maximum atomic E-state index is 5.53. The van der Waals surface area contributed by atoms with E-state index in [1.54, 1.807) is 6.20 Å². The van der Waals surface area contributed by atoms with Crippen LogP contribution in [0.5, 0.6) is 5.75 Å². The lowest BCUT2D eigenvalue weighted by Crippen LogP contribution is -2.12. The summed E-state index contributed by atoms with van der Waals surface area (Å²) in [7, 11) is 0. The Bertz CT molecular complexity index is 491. The molecule has 0 atom stereocenters. The van der Waals surface area contributed by atoms with Crippen molar-refractivity contribution in [1.82, 2.24) is 10.3 Å². The highest BCUT2D eigenvalue weighted by Crippen LogP contribution is 2.12. The third kappa shape index (κ3) is 4.10. The minimum absolute atomic E-state index is 0.646. The molecule has 0 unspecified atom stereocenters. The molecule has 1 N–H and O–H groups in total. The van der Waals surface area contributed by atoms with Gasteiger partial charge < -0.3 is 14.5 Å². The molecule has 0 amide bonds. The van der Waals surface area contributed by atoms with E-state index < -0.39 is 0 Å². The largest absolute Gasteiger partial charge is 0.494 e. The normalized spacial score (nSPS) is 10.6. The first-order chi connectivity index (χ1) is 9.31. The van der Waals surface area contributed by atoms with Crippen LogP contribution in [0.15, 0.2) is 34.9 Å². The van der Waals surface area contributed by atoms with Crippen LogP contribution in [0.25, 0.3) is 0 Å². The summed E-state index contributed by atoms with van der Waals surface area (Å²) in [5.41, 5.74) is 1.21. The zero-order valence-electron chi connectivity index (χ0n) is 11.5. The molecule has 0 spiro atoms. The molecule has 102 valence electrons. The van der Waals surface area contributed by atoms with E-state index in [0.717, 1.165) is 30.4 Å². The number of hydrogen-bond acceptors (Lipinski definition) is 4. The molecule has 0 aliphatic heterocycles. The van der Waals surface area contributed by atoms with Crippen LogP contribution >= 0.6 is 0 Å². The van der Waals surface area contributed by atoms with Crippen LogP contribution in [0, 0.1) is 0 Å². The second-order valence-electron chi connectivity index (χ2n) is 4.25. The molecule has 2 rings (SSSR count). The van der Waals surface area contributed by atoms with Crippen LogP contribution in [-0.2, 0) is 19.5 Å². The molecule has 0 aliphatic carbocycles. The summed E-state index contributed by atoms with van der Waals surface area (Å²) in [6.07, 6.45) is 2.67. The van der Waals surface area contributed by atoms with Crippen LogP contribution in [-0.4, -0.2) is 11.6 Å². The number of oxazole rings is 1. The van der Waals surface area contributed by atoms with Gasteiger partial charge in [0.1, 0.15) is 11.5 Å². The predicted molar refractivity (Wildman–Crippen MR) is 74.0 cm³/mol. The molecule has 19 heavy (non-hydrogen) atoms. The molecule has 4 nitrogen and oxygen atoms in total. The molecule has 0 bridgehead atoms. The van der Waals surface area contributed by atoms with Crippen LogP contribution in [0.2, 0.25) is 0 Å². The summed E-state index contributed by atoms with van der Waals surface area (Å²) in [5.74, 6) is 2.58. The van der Waals surface area contributed by atoms with E-state index in [4.69, 9.17) is 9.15 Å². The second kappa shape index (κ2) is 6.95. The number of aromatic nitrogens is 1. The van der Waals surface area contributed by atoms with Gasteiger partial charge in [0.15, 0.2) is 0 Å². The van der Waals surface area contributed by atoms with Gasteiger partial charge in [-0.25, -0.2) is 4.98 Å². The van der Waals surface area contributed by atoms with Crippen LogP contribution < -0.4 is 10.1 Å². The SMILES string of the molecule is CCOc1ccc(CNCc2ncc(CC)o2)cc1. The van der Waals surface area contributed by atoms with Crippen molar-refractivity contribution < 1.29 is 9.15 Å². The highest BCUT2D eigenvalue weighted by atomic mass is 16.5. The number of nitrogens with one attached hydrogen (secondary N) is 1. The molecule has 0 radical (unpaired) electrons. The molecule has 1 heterocycles. The van der Waals surface area contributed by atoms with E-state index in [0.29, 0.717) is 13.2 Å². The Hall–Kier alpha value is -1.81. The standard InChI is InChI=1S/C15H20N2O2/c1-3-13-10-17-15(19-13)11-16-9-12-5-7-14(8-6-12)18-4-2/h5-8,10,16H,3-4,9,11H2,1-2H3. The third-order valence-electron chi connectivity index (χ3n) is 2.79. The fourth-order valence-electron chi connectivity index (χ4n) is 1.78. The zero-order valence-corrected chi connectivity index (χ0v) is 11.5. The van der Waals surface area contributed by atoms with Crippen molar-refractivity contribution in [3.63, 3.8) is 0 Å². The maximum Gasteiger partial charge on any atom is 0.208 e. The minimum Gasteiger partial charge on any atom is -0.494 e. The van der Waals surface area contributed by atoms with Gasteiger partial charge in [0.05, 0.1) is 19.3 Å². The maximum absolute atomic E-state index is 5.53. The number of aryl methyl sites for hydroxylation is 1. The lowest BCUT2D eigenvalue weighted by atomic mass is 10.2. The first-order valence-electron chi connectivity index (χ1n) is 6.67. The van der Waals surface area contributed by atoms with Crippen LogP contribution in [0.3, 0.4) is 0 Å². The Balaban J connectivity index is 1.78. The summed E-state index contributed by atoms with van der Waals surface area (Å²) in [6, 6.07) is 8.09. The number of nitrogens with zero attached hydrogens (tertiary/aromatic N) is 1.